The first-order valence-corrected chi connectivity index (χ1v) is 12.4. The van der Waals surface area contributed by atoms with Crippen LogP contribution >= 0.6 is 11.3 Å². The lowest BCUT2D eigenvalue weighted by atomic mass is 9.87. The van der Waals surface area contributed by atoms with Crippen LogP contribution in [0.5, 0.6) is 5.06 Å². The SMILES string of the molecule is CC1CCC(S(=O)(=O)OCCOc2ccc(CC3CCCCC3)s2)CC1. The molecule has 0 aromatic carbocycles. The van der Waals surface area contributed by atoms with Crippen molar-refractivity contribution < 1.29 is 17.3 Å². The quantitative estimate of drug-likeness (QED) is 0.446. The van der Waals surface area contributed by atoms with Crippen molar-refractivity contribution in [2.75, 3.05) is 13.2 Å². The van der Waals surface area contributed by atoms with E-state index >= 15 is 0 Å². The van der Waals surface area contributed by atoms with Gasteiger partial charge < -0.3 is 4.74 Å². The molecule has 2 saturated carbocycles. The molecule has 4 nitrogen and oxygen atoms in total. The summed E-state index contributed by atoms with van der Waals surface area (Å²) in [6.07, 6.45) is 11.4. The van der Waals surface area contributed by atoms with Gasteiger partial charge in [0.25, 0.3) is 10.1 Å². The smallest absolute Gasteiger partial charge is 0.270 e. The summed E-state index contributed by atoms with van der Waals surface area (Å²) in [5.74, 6) is 1.45. The van der Waals surface area contributed by atoms with Crippen molar-refractivity contribution >= 4 is 21.5 Å². The molecular formula is C20H32O4S2. The van der Waals surface area contributed by atoms with E-state index < -0.39 is 10.1 Å². The fraction of sp³-hybridized carbons (Fsp3) is 0.800. The molecule has 2 aliphatic carbocycles. The van der Waals surface area contributed by atoms with Crippen LogP contribution in [0.15, 0.2) is 12.1 Å². The summed E-state index contributed by atoms with van der Waals surface area (Å²) in [4.78, 5) is 1.37. The highest BCUT2D eigenvalue weighted by molar-refractivity contribution is 7.87. The lowest BCUT2D eigenvalue weighted by Crippen LogP contribution is -2.29. The Labute approximate surface area is 162 Å². The van der Waals surface area contributed by atoms with Gasteiger partial charge in [-0.3, -0.25) is 4.18 Å². The molecule has 0 unspecified atom stereocenters. The summed E-state index contributed by atoms with van der Waals surface area (Å²) < 4.78 is 35.4. The van der Waals surface area contributed by atoms with Crippen molar-refractivity contribution in [3.8, 4) is 5.06 Å². The van der Waals surface area contributed by atoms with E-state index in [2.05, 4.69) is 13.0 Å². The molecule has 3 rings (SSSR count). The van der Waals surface area contributed by atoms with Crippen LogP contribution in [0.4, 0.5) is 0 Å². The minimum absolute atomic E-state index is 0.101. The van der Waals surface area contributed by atoms with Crippen molar-refractivity contribution in [3.05, 3.63) is 17.0 Å². The van der Waals surface area contributed by atoms with Gasteiger partial charge in [-0.2, -0.15) is 8.42 Å². The van der Waals surface area contributed by atoms with E-state index in [1.807, 2.05) is 6.07 Å². The standard InChI is InChI=1S/C20H32O4S2/c1-16-7-10-19(11-8-16)26(21,22)24-14-13-23-20-12-9-18(25-20)15-17-5-3-2-4-6-17/h9,12,16-17,19H,2-8,10-11,13-15H2,1H3. The van der Waals surface area contributed by atoms with Crippen LogP contribution in [0.25, 0.3) is 0 Å². The summed E-state index contributed by atoms with van der Waals surface area (Å²) in [5, 5.41) is 0.533. The maximum Gasteiger partial charge on any atom is 0.270 e. The van der Waals surface area contributed by atoms with Crippen LogP contribution in [0, 0.1) is 11.8 Å². The molecule has 1 heterocycles. The fourth-order valence-corrected chi connectivity index (χ4v) is 6.46. The summed E-state index contributed by atoms with van der Waals surface area (Å²) >= 11 is 1.69. The van der Waals surface area contributed by atoms with Gasteiger partial charge in [-0.15, -0.1) is 11.3 Å². The third-order valence-electron chi connectivity index (χ3n) is 5.80. The monoisotopic (exact) mass is 400 g/mol. The summed E-state index contributed by atoms with van der Waals surface area (Å²) in [7, 11) is -3.45. The highest BCUT2D eigenvalue weighted by atomic mass is 32.2. The van der Waals surface area contributed by atoms with Crippen LogP contribution in [0.3, 0.4) is 0 Å². The number of thiophene rings is 1. The highest BCUT2D eigenvalue weighted by Gasteiger charge is 2.30. The zero-order chi connectivity index (χ0) is 18.4. The average molecular weight is 401 g/mol. The molecule has 0 radical (unpaired) electrons. The largest absolute Gasteiger partial charge is 0.482 e. The highest BCUT2D eigenvalue weighted by Crippen LogP contribution is 2.32. The van der Waals surface area contributed by atoms with E-state index in [4.69, 9.17) is 8.92 Å². The number of rotatable bonds is 8. The van der Waals surface area contributed by atoms with E-state index in [1.165, 1.54) is 37.0 Å². The molecule has 0 spiro atoms. The lowest BCUT2D eigenvalue weighted by molar-refractivity contribution is 0.219. The van der Waals surface area contributed by atoms with Gasteiger partial charge in [0.2, 0.25) is 0 Å². The number of ether oxygens (including phenoxy) is 1. The molecule has 1 aromatic heterocycles. The van der Waals surface area contributed by atoms with Gasteiger partial charge in [-0.1, -0.05) is 39.0 Å². The van der Waals surface area contributed by atoms with Crippen molar-refractivity contribution in [1.29, 1.82) is 0 Å². The second-order valence-electron chi connectivity index (χ2n) is 7.97. The molecule has 0 atom stereocenters. The Hall–Kier alpha value is -0.590. The first kappa shape index (κ1) is 20.2. The maximum atomic E-state index is 12.3. The third kappa shape index (κ3) is 5.96. The van der Waals surface area contributed by atoms with Crippen molar-refractivity contribution in [2.24, 2.45) is 11.8 Å². The Morgan fingerprint density at radius 3 is 2.46 bits per heavy atom. The van der Waals surface area contributed by atoms with Crippen LogP contribution in [-0.2, 0) is 20.7 Å². The van der Waals surface area contributed by atoms with E-state index in [-0.39, 0.29) is 18.5 Å². The van der Waals surface area contributed by atoms with Gasteiger partial charge in [0, 0.05) is 4.88 Å². The Morgan fingerprint density at radius 1 is 1.00 bits per heavy atom. The predicted molar refractivity (Wildman–Crippen MR) is 106 cm³/mol. The molecule has 26 heavy (non-hydrogen) atoms. The molecule has 0 bridgehead atoms. The molecule has 2 aliphatic rings. The Morgan fingerprint density at radius 2 is 1.73 bits per heavy atom. The van der Waals surface area contributed by atoms with Gasteiger partial charge >= 0.3 is 0 Å². The molecule has 0 saturated heterocycles. The summed E-state index contributed by atoms with van der Waals surface area (Å²) in [6, 6.07) is 4.15. The number of hydrogen-bond donors (Lipinski definition) is 0. The summed E-state index contributed by atoms with van der Waals surface area (Å²) in [5.41, 5.74) is 0. The van der Waals surface area contributed by atoms with E-state index in [0.29, 0.717) is 5.92 Å². The number of hydrogen-bond acceptors (Lipinski definition) is 5. The minimum Gasteiger partial charge on any atom is -0.482 e. The van der Waals surface area contributed by atoms with Crippen LogP contribution in [-0.4, -0.2) is 26.9 Å². The minimum atomic E-state index is -3.45. The average Bonchev–Trinajstić information content (AvgIpc) is 3.07. The topological polar surface area (TPSA) is 52.6 Å². The molecule has 2 fully saturated rings. The van der Waals surface area contributed by atoms with Gasteiger partial charge in [0.1, 0.15) is 13.2 Å². The molecule has 148 valence electrons. The zero-order valence-corrected chi connectivity index (χ0v) is 17.5. The van der Waals surface area contributed by atoms with Crippen molar-refractivity contribution in [2.45, 2.75) is 76.4 Å². The Kier molecular flexibility index (Phi) is 7.41. The van der Waals surface area contributed by atoms with Gasteiger partial charge in [-0.25, -0.2) is 0 Å². The second-order valence-corrected chi connectivity index (χ2v) is 11.0. The third-order valence-corrected chi connectivity index (χ3v) is 8.60. The van der Waals surface area contributed by atoms with Crippen LogP contribution in [0.2, 0.25) is 0 Å². The molecular weight excluding hydrogens is 368 g/mol. The zero-order valence-electron chi connectivity index (χ0n) is 15.8. The van der Waals surface area contributed by atoms with Gasteiger partial charge in [-0.05, 0) is 56.1 Å². The van der Waals surface area contributed by atoms with E-state index in [1.54, 1.807) is 11.3 Å². The summed E-state index contributed by atoms with van der Waals surface area (Å²) in [6.45, 7) is 2.57. The Bertz CT molecular complexity index is 639. The molecule has 1 aromatic rings. The molecule has 0 N–H and O–H groups in total. The Balaban J connectivity index is 1.37. The van der Waals surface area contributed by atoms with E-state index in [0.717, 1.165) is 43.1 Å². The van der Waals surface area contributed by atoms with Gasteiger partial charge in [0.15, 0.2) is 5.06 Å². The van der Waals surface area contributed by atoms with Crippen LogP contribution < -0.4 is 4.74 Å². The maximum absolute atomic E-state index is 12.3. The van der Waals surface area contributed by atoms with Gasteiger partial charge in [0.05, 0.1) is 5.25 Å². The van der Waals surface area contributed by atoms with Crippen molar-refractivity contribution in [3.63, 3.8) is 0 Å². The van der Waals surface area contributed by atoms with E-state index in [9.17, 15) is 8.42 Å². The predicted octanol–water partition coefficient (Wildman–Crippen LogP) is 5.17. The molecule has 6 heteroatoms. The lowest BCUT2D eigenvalue weighted by Gasteiger charge is -2.25. The first-order valence-electron chi connectivity index (χ1n) is 10.1. The fourth-order valence-electron chi connectivity index (χ4n) is 4.13. The molecule has 0 amide bonds. The second kappa shape index (κ2) is 9.56. The molecule has 0 aliphatic heterocycles. The van der Waals surface area contributed by atoms with Crippen molar-refractivity contribution in [1.82, 2.24) is 0 Å². The normalized spacial score (nSPS) is 25.3. The van der Waals surface area contributed by atoms with Crippen LogP contribution in [0.1, 0.15) is 69.6 Å². The first-order chi connectivity index (χ1) is 12.5.